The van der Waals surface area contributed by atoms with Gasteiger partial charge in [0.15, 0.2) is 0 Å². The van der Waals surface area contributed by atoms with E-state index < -0.39 is 0 Å². The molecule has 0 amide bonds. The summed E-state index contributed by atoms with van der Waals surface area (Å²) in [6.45, 7) is 0. The Hall–Kier alpha value is -5.12. The topological polar surface area (TPSA) is 18.1 Å². The molecule has 0 atom stereocenters. The Balaban J connectivity index is 1.21. The maximum atomic E-state index is 6.18. The number of benzene rings is 6. The van der Waals surface area contributed by atoms with Crippen molar-refractivity contribution in [3.8, 4) is 27.9 Å². The average Bonchev–Trinajstić information content (AvgIpc) is 3.69. The third-order valence-corrected chi connectivity index (χ3v) is 9.39. The van der Waals surface area contributed by atoms with Crippen molar-refractivity contribution in [1.82, 2.24) is 4.57 Å². The van der Waals surface area contributed by atoms with Gasteiger partial charge in [0.2, 0.25) is 0 Å². The lowest BCUT2D eigenvalue weighted by Gasteiger charge is -2.09. The second-order valence-corrected chi connectivity index (χ2v) is 11.6. The third-order valence-electron chi connectivity index (χ3n) is 8.20. The molecule has 0 saturated heterocycles. The van der Waals surface area contributed by atoms with E-state index in [2.05, 4.69) is 132 Å². The number of hydrogen-bond donors (Lipinski definition) is 0. The molecule has 3 heterocycles. The highest BCUT2D eigenvalue weighted by Crippen LogP contribution is 2.43. The summed E-state index contributed by atoms with van der Waals surface area (Å²) in [4.78, 5) is 0. The molecular weight excluding hydrogens is 518 g/mol. The molecule has 192 valence electrons. The molecule has 2 nitrogen and oxygen atoms in total. The molecule has 0 spiro atoms. The lowest BCUT2D eigenvalue weighted by atomic mass is 9.97. The van der Waals surface area contributed by atoms with E-state index in [1.165, 1.54) is 53.6 Å². The minimum Gasteiger partial charge on any atom is -0.456 e. The molecule has 0 aliphatic rings. The lowest BCUT2D eigenvalue weighted by molar-refractivity contribution is 0.669. The summed E-state index contributed by atoms with van der Waals surface area (Å²) in [6.07, 6.45) is 0. The number of nitrogens with zero attached hydrogens (tertiary/aromatic N) is 1. The Morgan fingerprint density at radius 3 is 2.02 bits per heavy atom. The molecule has 9 aromatic rings. The van der Waals surface area contributed by atoms with Gasteiger partial charge in [0.1, 0.15) is 11.2 Å². The molecular formula is C38H23NOS. The van der Waals surface area contributed by atoms with Gasteiger partial charge in [-0.15, -0.1) is 11.3 Å². The number of rotatable bonds is 3. The van der Waals surface area contributed by atoms with Gasteiger partial charge in [-0.1, -0.05) is 84.9 Å². The van der Waals surface area contributed by atoms with Crippen LogP contribution in [-0.2, 0) is 0 Å². The Kier molecular flexibility index (Phi) is 4.80. The average molecular weight is 542 g/mol. The van der Waals surface area contributed by atoms with E-state index in [-0.39, 0.29) is 0 Å². The predicted octanol–water partition coefficient (Wildman–Crippen LogP) is 11.2. The Labute approximate surface area is 240 Å². The highest BCUT2D eigenvalue weighted by Gasteiger charge is 2.18. The Bertz CT molecular complexity index is 2420. The smallest absolute Gasteiger partial charge is 0.136 e. The van der Waals surface area contributed by atoms with Crippen molar-refractivity contribution in [2.75, 3.05) is 0 Å². The number of para-hydroxylation sites is 3. The summed E-state index contributed by atoms with van der Waals surface area (Å²) in [7, 11) is 0. The van der Waals surface area contributed by atoms with Crippen LogP contribution in [-0.4, -0.2) is 4.57 Å². The molecule has 41 heavy (non-hydrogen) atoms. The van der Waals surface area contributed by atoms with Gasteiger partial charge in [-0.05, 0) is 76.9 Å². The zero-order valence-electron chi connectivity index (χ0n) is 22.0. The largest absolute Gasteiger partial charge is 0.456 e. The summed E-state index contributed by atoms with van der Waals surface area (Å²) >= 11 is 1.88. The van der Waals surface area contributed by atoms with Crippen LogP contribution in [0.2, 0.25) is 0 Å². The second kappa shape index (κ2) is 8.69. The normalized spacial score (nSPS) is 11.9. The molecule has 9 rings (SSSR count). The summed E-state index contributed by atoms with van der Waals surface area (Å²) < 4.78 is 11.2. The van der Waals surface area contributed by atoms with Gasteiger partial charge in [0.25, 0.3) is 0 Å². The molecule has 3 aromatic heterocycles. The van der Waals surface area contributed by atoms with E-state index in [4.69, 9.17) is 4.42 Å². The van der Waals surface area contributed by atoms with Crippen molar-refractivity contribution >= 4 is 64.5 Å². The van der Waals surface area contributed by atoms with Gasteiger partial charge in [0.05, 0.1) is 15.7 Å². The van der Waals surface area contributed by atoms with Crippen LogP contribution in [0.4, 0.5) is 0 Å². The molecule has 0 saturated carbocycles. The lowest BCUT2D eigenvalue weighted by Crippen LogP contribution is -1.92. The molecule has 0 radical (unpaired) electrons. The van der Waals surface area contributed by atoms with E-state index in [9.17, 15) is 0 Å². The predicted molar refractivity (Wildman–Crippen MR) is 174 cm³/mol. The summed E-state index contributed by atoms with van der Waals surface area (Å²) in [5, 5.41) is 4.90. The highest BCUT2D eigenvalue weighted by molar-refractivity contribution is 7.26. The van der Waals surface area contributed by atoms with Gasteiger partial charge in [-0.25, -0.2) is 0 Å². The van der Waals surface area contributed by atoms with Crippen LogP contribution in [0.1, 0.15) is 0 Å². The van der Waals surface area contributed by atoms with Crippen molar-refractivity contribution in [2.24, 2.45) is 0 Å². The van der Waals surface area contributed by atoms with Crippen LogP contribution >= 0.6 is 11.3 Å². The molecule has 0 N–H and O–H groups in total. The summed E-state index contributed by atoms with van der Waals surface area (Å²) in [5.41, 5.74) is 10.3. The number of hydrogen-bond acceptors (Lipinski definition) is 2. The van der Waals surface area contributed by atoms with Crippen molar-refractivity contribution < 1.29 is 4.42 Å². The number of fused-ring (bicyclic) bond motifs is 8. The number of furan rings is 1. The van der Waals surface area contributed by atoms with E-state index in [0.29, 0.717) is 0 Å². The van der Waals surface area contributed by atoms with Crippen LogP contribution in [0, 0.1) is 0 Å². The Morgan fingerprint density at radius 2 is 1.15 bits per heavy atom. The SMILES string of the molecule is c1ccc(-n2c3ccccc3c3sc4ccc(-c5cccc(-c6ccc7c(c6)oc6ccccc67)c5)cc4c32)cc1. The monoisotopic (exact) mass is 541 g/mol. The quantitative estimate of drug-likeness (QED) is 0.217. The minimum atomic E-state index is 0.921. The maximum absolute atomic E-state index is 6.18. The van der Waals surface area contributed by atoms with Crippen molar-refractivity contribution in [1.29, 1.82) is 0 Å². The highest BCUT2D eigenvalue weighted by atomic mass is 32.1. The van der Waals surface area contributed by atoms with Crippen LogP contribution in [0.3, 0.4) is 0 Å². The van der Waals surface area contributed by atoms with E-state index in [1.807, 2.05) is 23.5 Å². The second-order valence-electron chi connectivity index (χ2n) is 10.6. The molecule has 0 aliphatic heterocycles. The molecule has 0 fully saturated rings. The Morgan fingerprint density at radius 1 is 0.463 bits per heavy atom. The third kappa shape index (κ3) is 3.43. The maximum Gasteiger partial charge on any atom is 0.136 e. The standard InChI is InChI=1S/C38H23NOS/c1-2-11-28(12-3-1)39-33-15-6-4-14-31(33)38-37(39)32-22-26(18-20-36(32)41-38)24-9-8-10-25(21-24)27-17-19-30-29-13-5-7-16-34(29)40-35(30)23-27/h1-23H. The van der Waals surface area contributed by atoms with Crippen LogP contribution in [0.5, 0.6) is 0 Å². The minimum absolute atomic E-state index is 0.921. The van der Waals surface area contributed by atoms with Gasteiger partial charge in [-0.3, -0.25) is 0 Å². The molecule has 0 bridgehead atoms. The molecule has 6 aromatic carbocycles. The fraction of sp³-hybridized carbons (Fsp3) is 0. The first-order chi connectivity index (χ1) is 20.3. The zero-order chi connectivity index (χ0) is 26.9. The number of thiophene rings is 1. The van der Waals surface area contributed by atoms with E-state index >= 15 is 0 Å². The first-order valence-corrected chi connectivity index (χ1v) is 14.7. The molecule has 3 heteroatoms. The van der Waals surface area contributed by atoms with Crippen LogP contribution < -0.4 is 0 Å². The molecule has 0 unspecified atom stereocenters. The summed E-state index contributed by atoms with van der Waals surface area (Å²) in [6, 6.07) is 50.0. The van der Waals surface area contributed by atoms with E-state index in [1.54, 1.807) is 0 Å². The zero-order valence-corrected chi connectivity index (χ0v) is 22.9. The van der Waals surface area contributed by atoms with Gasteiger partial charge in [-0.2, -0.15) is 0 Å². The first kappa shape index (κ1) is 22.7. The van der Waals surface area contributed by atoms with Gasteiger partial charge < -0.3 is 8.98 Å². The van der Waals surface area contributed by atoms with Crippen LogP contribution in [0.15, 0.2) is 144 Å². The van der Waals surface area contributed by atoms with Crippen molar-refractivity contribution in [2.45, 2.75) is 0 Å². The van der Waals surface area contributed by atoms with Gasteiger partial charge in [0, 0.05) is 31.9 Å². The van der Waals surface area contributed by atoms with Crippen molar-refractivity contribution in [3.05, 3.63) is 140 Å². The van der Waals surface area contributed by atoms with E-state index in [0.717, 1.165) is 27.5 Å². The fourth-order valence-electron chi connectivity index (χ4n) is 6.28. The fourth-order valence-corrected chi connectivity index (χ4v) is 7.48. The van der Waals surface area contributed by atoms with Crippen molar-refractivity contribution in [3.63, 3.8) is 0 Å². The summed E-state index contributed by atoms with van der Waals surface area (Å²) in [5.74, 6) is 0. The number of aromatic nitrogens is 1. The van der Waals surface area contributed by atoms with Crippen LogP contribution in [0.25, 0.3) is 81.1 Å². The first-order valence-electron chi connectivity index (χ1n) is 13.9. The van der Waals surface area contributed by atoms with Gasteiger partial charge >= 0.3 is 0 Å². The molecule has 0 aliphatic carbocycles.